The zero-order valence-corrected chi connectivity index (χ0v) is 14.5. The van der Waals surface area contributed by atoms with Crippen molar-refractivity contribution in [3.8, 4) is 16.9 Å². The Bertz CT molecular complexity index is 639. The largest absolute Gasteiger partial charge is 0.496 e. The molecule has 3 rings (SSSR count). The molecule has 128 valence electrons. The molecule has 1 aliphatic carbocycles. The van der Waals surface area contributed by atoms with E-state index in [1.807, 2.05) is 18.5 Å². The van der Waals surface area contributed by atoms with E-state index in [9.17, 15) is 0 Å². The molecule has 1 heterocycles. The Hall–Kier alpha value is -1.98. The van der Waals surface area contributed by atoms with Crippen LogP contribution in [0.2, 0.25) is 0 Å². The van der Waals surface area contributed by atoms with E-state index >= 15 is 0 Å². The van der Waals surface area contributed by atoms with Crippen LogP contribution in [0.15, 0.2) is 36.9 Å². The third-order valence-electron chi connectivity index (χ3n) is 4.89. The summed E-state index contributed by atoms with van der Waals surface area (Å²) in [6.45, 7) is 0.819. The third kappa shape index (κ3) is 4.10. The van der Waals surface area contributed by atoms with Gasteiger partial charge in [0.05, 0.1) is 7.11 Å². The van der Waals surface area contributed by atoms with Gasteiger partial charge in [-0.3, -0.25) is 0 Å². The van der Waals surface area contributed by atoms with Crippen LogP contribution in [0.25, 0.3) is 11.1 Å². The molecule has 0 amide bonds. The molecule has 0 saturated heterocycles. The Kier molecular flexibility index (Phi) is 5.77. The van der Waals surface area contributed by atoms with Gasteiger partial charge in [0.15, 0.2) is 0 Å². The molecule has 0 spiro atoms. The normalized spacial score (nSPS) is 20.8. The lowest BCUT2D eigenvalue weighted by atomic mass is 9.91. The maximum absolute atomic E-state index is 5.53. The number of rotatable bonds is 6. The molecule has 0 aliphatic heterocycles. The molecule has 0 radical (unpaired) electrons. The van der Waals surface area contributed by atoms with Crippen LogP contribution in [0.4, 0.5) is 0 Å². The number of hydrogen-bond donors (Lipinski definition) is 2. The number of nitrogens with zero attached hydrogens (tertiary/aromatic N) is 2. The number of ether oxygens (including phenoxy) is 1. The smallest absolute Gasteiger partial charge is 0.123 e. The second-order valence-corrected chi connectivity index (χ2v) is 6.37. The highest BCUT2D eigenvalue weighted by Crippen LogP contribution is 2.26. The zero-order valence-electron chi connectivity index (χ0n) is 14.5. The van der Waals surface area contributed by atoms with Gasteiger partial charge in [0.2, 0.25) is 0 Å². The molecule has 24 heavy (non-hydrogen) atoms. The maximum Gasteiger partial charge on any atom is 0.123 e. The second kappa shape index (κ2) is 8.22. The van der Waals surface area contributed by atoms with Gasteiger partial charge >= 0.3 is 0 Å². The summed E-state index contributed by atoms with van der Waals surface area (Å²) in [5.74, 6) is 0.923. The highest BCUT2D eigenvalue weighted by atomic mass is 16.5. The fourth-order valence-corrected chi connectivity index (χ4v) is 3.38. The van der Waals surface area contributed by atoms with Crippen LogP contribution in [-0.2, 0) is 6.54 Å². The quantitative estimate of drug-likeness (QED) is 0.855. The fraction of sp³-hybridized carbons (Fsp3) is 0.474. The molecule has 0 atom stereocenters. The number of hydrogen-bond acceptors (Lipinski definition) is 5. The molecule has 1 saturated carbocycles. The van der Waals surface area contributed by atoms with Crippen LogP contribution < -0.4 is 15.4 Å². The van der Waals surface area contributed by atoms with Crippen molar-refractivity contribution in [3.05, 3.63) is 42.5 Å². The highest BCUT2D eigenvalue weighted by molar-refractivity contribution is 5.64. The Labute approximate surface area is 143 Å². The van der Waals surface area contributed by atoms with Gasteiger partial charge in [0.25, 0.3) is 0 Å². The topological polar surface area (TPSA) is 59.1 Å². The summed E-state index contributed by atoms with van der Waals surface area (Å²) in [5, 5.41) is 7.08. The Morgan fingerprint density at radius 1 is 1.04 bits per heavy atom. The number of aromatic nitrogens is 2. The molecule has 5 nitrogen and oxygen atoms in total. The average Bonchev–Trinajstić information content (AvgIpc) is 2.67. The first-order chi connectivity index (χ1) is 11.8. The summed E-state index contributed by atoms with van der Waals surface area (Å²) >= 11 is 0. The van der Waals surface area contributed by atoms with Crippen LogP contribution in [-0.4, -0.2) is 36.2 Å². The van der Waals surface area contributed by atoms with Crippen molar-refractivity contribution in [2.24, 2.45) is 0 Å². The van der Waals surface area contributed by atoms with Crippen molar-refractivity contribution in [2.75, 3.05) is 14.2 Å². The summed E-state index contributed by atoms with van der Waals surface area (Å²) in [4.78, 5) is 8.21. The molecule has 1 aromatic heterocycles. The van der Waals surface area contributed by atoms with E-state index in [4.69, 9.17) is 4.74 Å². The van der Waals surface area contributed by atoms with Crippen molar-refractivity contribution in [1.29, 1.82) is 0 Å². The summed E-state index contributed by atoms with van der Waals surface area (Å²) in [6, 6.07) is 7.52. The van der Waals surface area contributed by atoms with Crippen LogP contribution >= 0.6 is 0 Å². The molecule has 0 bridgehead atoms. The zero-order chi connectivity index (χ0) is 16.8. The molecular formula is C19H26N4O. The van der Waals surface area contributed by atoms with E-state index in [2.05, 4.69) is 39.8 Å². The van der Waals surface area contributed by atoms with E-state index in [0.29, 0.717) is 12.1 Å². The van der Waals surface area contributed by atoms with Crippen molar-refractivity contribution in [2.45, 2.75) is 44.3 Å². The van der Waals surface area contributed by atoms with Crippen molar-refractivity contribution in [1.82, 2.24) is 20.6 Å². The van der Waals surface area contributed by atoms with E-state index in [0.717, 1.165) is 23.4 Å². The van der Waals surface area contributed by atoms with E-state index in [-0.39, 0.29) is 0 Å². The van der Waals surface area contributed by atoms with Gasteiger partial charge in [-0.25, -0.2) is 9.97 Å². The molecule has 1 fully saturated rings. The Balaban J connectivity index is 1.68. The number of nitrogens with one attached hydrogen (secondary N) is 2. The monoisotopic (exact) mass is 326 g/mol. The van der Waals surface area contributed by atoms with Gasteiger partial charge in [-0.1, -0.05) is 6.07 Å². The molecule has 0 unspecified atom stereocenters. The van der Waals surface area contributed by atoms with Gasteiger partial charge in [-0.05, 0) is 50.4 Å². The third-order valence-corrected chi connectivity index (χ3v) is 4.89. The number of benzene rings is 1. The average molecular weight is 326 g/mol. The second-order valence-electron chi connectivity index (χ2n) is 6.37. The molecule has 1 aliphatic rings. The molecular weight excluding hydrogens is 300 g/mol. The van der Waals surface area contributed by atoms with Crippen molar-refractivity contribution >= 4 is 0 Å². The van der Waals surface area contributed by atoms with Gasteiger partial charge in [0, 0.05) is 42.1 Å². The predicted octanol–water partition coefficient (Wildman–Crippen LogP) is 2.77. The summed E-state index contributed by atoms with van der Waals surface area (Å²) in [5.41, 5.74) is 3.32. The first kappa shape index (κ1) is 16.9. The number of methoxy groups -OCH3 is 1. The lowest BCUT2D eigenvalue weighted by Crippen LogP contribution is -2.38. The van der Waals surface area contributed by atoms with Crippen molar-refractivity contribution in [3.63, 3.8) is 0 Å². The predicted molar refractivity (Wildman–Crippen MR) is 96.0 cm³/mol. The van der Waals surface area contributed by atoms with Crippen LogP contribution in [0, 0.1) is 0 Å². The first-order valence-corrected chi connectivity index (χ1v) is 8.63. The van der Waals surface area contributed by atoms with Gasteiger partial charge in [0.1, 0.15) is 12.1 Å². The van der Waals surface area contributed by atoms with E-state index in [1.165, 1.54) is 31.2 Å². The van der Waals surface area contributed by atoms with Gasteiger partial charge < -0.3 is 15.4 Å². The highest BCUT2D eigenvalue weighted by Gasteiger charge is 2.19. The molecule has 5 heteroatoms. The summed E-state index contributed by atoms with van der Waals surface area (Å²) in [7, 11) is 3.78. The van der Waals surface area contributed by atoms with E-state index in [1.54, 1.807) is 13.4 Å². The summed E-state index contributed by atoms with van der Waals surface area (Å²) < 4.78 is 5.53. The van der Waals surface area contributed by atoms with Crippen LogP contribution in [0.3, 0.4) is 0 Å². The standard InChI is InChI=1S/C19H26N4O/c1-20-17-4-6-18(7-5-17)23-12-15-9-14(3-8-19(15)24-2)16-10-21-13-22-11-16/h3,8-11,13,17-18,20,23H,4-7,12H2,1-2H3. The fourth-order valence-electron chi connectivity index (χ4n) is 3.38. The van der Waals surface area contributed by atoms with Crippen molar-refractivity contribution < 1.29 is 4.74 Å². The maximum atomic E-state index is 5.53. The minimum absolute atomic E-state index is 0.586. The van der Waals surface area contributed by atoms with E-state index < -0.39 is 0 Å². The minimum Gasteiger partial charge on any atom is -0.496 e. The minimum atomic E-state index is 0.586. The molecule has 2 aromatic rings. The van der Waals surface area contributed by atoms with Crippen LogP contribution in [0.1, 0.15) is 31.2 Å². The van der Waals surface area contributed by atoms with Crippen LogP contribution in [0.5, 0.6) is 5.75 Å². The lowest BCUT2D eigenvalue weighted by molar-refractivity contribution is 0.315. The molecule has 1 aromatic carbocycles. The van der Waals surface area contributed by atoms with Gasteiger partial charge in [-0.15, -0.1) is 0 Å². The lowest BCUT2D eigenvalue weighted by Gasteiger charge is -2.29. The SMILES string of the molecule is CNC1CCC(NCc2cc(-c3cncnc3)ccc2OC)CC1. The summed E-state index contributed by atoms with van der Waals surface area (Å²) in [6.07, 6.45) is 10.2. The van der Waals surface area contributed by atoms with Gasteiger partial charge in [-0.2, -0.15) is 0 Å². The first-order valence-electron chi connectivity index (χ1n) is 8.63. The molecule has 2 N–H and O–H groups in total. The Morgan fingerprint density at radius 3 is 2.42 bits per heavy atom. The Morgan fingerprint density at radius 2 is 1.75 bits per heavy atom.